The van der Waals surface area contributed by atoms with Crippen LogP contribution >= 0.6 is 0 Å². The summed E-state index contributed by atoms with van der Waals surface area (Å²) >= 11 is 0. The molecule has 9 nitrogen and oxygen atoms in total. The minimum Gasteiger partial charge on any atom is -0.360 e. The van der Waals surface area contributed by atoms with Crippen molar-refractivity contribution in [2.24, 2.45) is 0 Å². The molecule has 0 saturated heterocycles. The van der Waals surface area contributed by atoms with Crippen LogP contribution in [0.1, 0.15) is 66.0 Å². The zero-order valence-corrected chi connectivity index (χ0v) is 22.8. The van der Waals surface area contributed by atoms with Crippen LogP contribution in [0.2, 0.25) is 0 Å². The summed E-state index contributed by atoms with van der Waals surface area (Å²) in [5.74, 6) is 0.182. The van der Waals surface area contributed by atoms with E-state index in [9.17, 15) is 4.79 Å². The summed E-state index contributed by atoms with van der Waals surface area (Å²) in [6.45, 7) is 5.29. The van der Waals surface area contributed by atoms with E-state index < -0.39 is 11.7 Å². The van der Waals surface area contributed by atoms with Crippen LogP contribution < -0.4 is 10.2 Å². The molecule has 2 aliphatic rings. The van der Waals surface area contributed by atoms with Gasteiger partial charge < -0.3 is 14.8 Å². The van der Waals surface area contributed by atoms with Gasteiger partial charge in [0.15, 0.2) is 5.82 Å². The van der Waals surface area contributed by atoms with Crippen LogP contribution in [0.15, 0.2) is 73.3 Å². The lowest BCUT2D eigenvalue weighted by Crippen LogP contribution is -2.30. The highest BCUT2D eigenvalue weighted by atomic mass is 19.1. The molecule has 1 aliphatic heterocycles. The number of carbonyl (C=O) groups excluding carboxylic acids is 1. The minimum absolute atomic E-state index is 0.0597. The zero-order valence-electron chi connectivity index (χ0n) is 22.8. The second-order valence-electron chi connectivity index (χ2n) is 10.9. The Morgan fingerprint density at radius 2 is 1.88 bits per heavy atom. The van der Waals surface area contributed by atoms with Crippen LogP contribution in [-0.2, 0) is 13.1 Å². The predicted molar refractivity (Wildman–Crippen MR) is 153 cm³/mol. The second-order valence-corrected chi connectivity index (χ2v) is 10.9. The molecular weight excluding hydrogens is 519 g/mol. The molecular formula is C31H29FN8O. The Morgan fingerprint density at radius 1 is 1.05 bits per heavy atom. The van der Waals surface area contributed by atoms with Gasteiger partial charge in [-0.25, -0.2) is 14.4 Å². The topological polar surface area (TPSA) is 93.8 Å². The van der Waals surface area contributed by atoms with Crippen LogP contribution in [0, 0.1) is 5.82 Å². The fraction of sp³-hybridized carbons (Fsp3) is 0.258. The molecule has 2 aromatic carbocycles. The normalized spacial score (nSPS) is 14.2. The average molecular weight is 549 g/mol. The number of benzene rings is 2. The lowest BCUT2D eigenvalue weighted by Gasteiger charge is -2.33. The molecule has 0 unspecified atom stereocenters. The van der Waals surface area contributed by atoms with E-state index in [1.807, 2.05) is 41.2 Å². The molecule has 0 radical (unpaired) electrons. The highest BCUT2D eigenvalue weighted by molar-refractivity contribution is 6.05. The molecule has 0 bridgehead atoms. The summed E-state index contributed by atoms with van der Waals surface area (Å²) in [5, 5.41) is 11.0. The van der Waals surface area contributed by atoms with Crippen molar-refractivity contribution in [3.63, 3.8) is 0 Å². The van der Waals surface area contributed by atoms with Crippen molar-refractivity contribution in [2.45, 2.75) is 51.7 Å². The Morgan fingerprint density at radius 3 is 2.66 bits per heavy atom. The number of pyridine rings is 1. The minimum atomic E-state index is -0.596. The van der Waals surface area contributed by atoms with E-state index in [2.05, 4.69) is 37.5 Å². The number of rotatable bonds is 7. The van der Waals surface area contributed by atoms with Crippen molar-refractivity contribution in [3.8, 4) is 17.2 Å². The van der Waals surface area contributed by atoms with Crippen LogP contribution in [-0.4, -0.2) is 35.2 Å². The summed E-state index contributed by atoms with van der Waals surface area (Å²) in [6.07, 6.45) is 5.71. The van der Waals surface area contributed by atoms with Gasteiger partial charge in [0.1, 0.15) is 23.7 Å². The van der Waals surface area contributed by atoms with E-state index in [1.54, 1.807) is 36.9 Å². The lowest BCUT2D eigenvalue weighted by molar-refractivity contribution is 0.102. The quantitative estimate of drug-likeness (QED) is 0.272. The smallest absolute Gasteiger partial charge is 0.259 e. The molecule has 1 N–H and O–H groups in total. The third-order valence-corrected chi connectivity index (χ3v) is 7.68. The Balaban J connectivity index is 1.23. The maximum atomic E-state index is 15.7. The molecule has 10 heteroatoms. The van der Waals surface area contributed by atoms with Gasteiger partial charge in [-0.3, -0.25) is 9.36 Å². The first-order valence-electron chi connectivity index (χ1n) is 13.8. The molecule has 41 heavy (non-hydrogen) atoms. The van der Waals surface area contributed by atoms with E-state index in [4.69, 9.17) is 4.98 Å². The SMILES string of the molecule is CC(C)n1cnnc1-c1cccc(NC(=O)c2cc3c(cc2F)N(Cc2ccccc2)Cc2c(C4CC4)ncn2-3)n1. The van der Waals surface area contributed by atoms with Gasteiger partial charge in [0.25, 0.3) is 5.91 Å². The monoisotopic (exact) mass is 548 g/mol. The number of nitrogens with one attached hydrogen (secondary N) is 1. The van der Waals surface area contributed by atoms with E-state index in [0.717, 1.165) is 41.2 Å². The molecule has 5 aromatic rings. The molecule has 1 saturated carbocycles. The molecule has 206 valence electrons. The predicted octanol–water partition coefficient (Wildman–Crippen LogP) is 5.90. The van der Waals surface area contributed by atoms with E-state index in [-0.39, 0.29) is 11.6 Å². The average Bonchev–Trinajstić information content (AvgIpc) is 3.52. The molecule has 4 heterocycles. The third kappa shape index (κ3) is 4.65. The van der Waals surface area contributed by atoms with Crippen molar-refractivity contribution >= 4 is 17.4 Å². The first-order chi connectivity index (χ1) is 20.0. The van der Waals surface area contributed by atoms with Crippen LogP contribution in [0.3, 0.4) is 0 Å². The Bertz CT molecular complexity index is 1760. The summed E-state index contributed by atoms with van der Waals surface area (Å²) in [4.78, 5) is 24.9. The summed E-state index contributed by atoms with van der Waals surface area (Å²) in [5.41, 5.74) is 5.28. The fourth-order valence-electron chi connectivity index (χ4n) is 5.45. The number of hydrogen-bond donors (Lipinski definition) is 1. The van der Waals surface area contributed by atoms with Crippen molar-refractivity contribution in [3.05, 3.63) is 102 Å². The maximum Gasteiger partial charge on any atom is 0.259 e. The number of fused-ring (bicyclic) bond motifs is 3. The number of imidazole rings is 1. The van der Waals surface area contributed by atoms with Gasteiger partial charge >= 0.3 is 0 Å². The molecule has 1 amide bonds. The molecule has 1 fully saturated rings. The van der Waals surface area contributed by atoms with Gasteiger partial charge in [0.05, 0.1) is 41.2 Å². The van der Waals surface area contributed by atoms with Gasteiger partial charge in [-0.15, -0.1) is 10.2 Å². The molecule has 3 aromatic heterocycles. The van der Waals surface area contributed by atoms with E-state index in [1.165, 1.54) is 6.07 Å². The van der Waals surface area contributed by atoms with Crippen LogP contribution in [0.4, 0.5) is 15.9 Å². The number of halogens is 1. The summed E-state index contributed by atoms with van der Waals surface area (Å²) < 4.78 is 19.6. The summed E-state index contributed by atoms with van der Waals surface area (Å²) in [6, 6.07) is 18.6. The van der Waals surface area contributed by atoms with Crippen molar-refractivity contribution in [1.29, 1.82) is 0 Å². The zero-order chi connectivity index (χ0) is 28.1. The number of hydrogen-bond acceptors (Lipinski definition) is 6. The molecule has 0 atom stereocenters. The first-order valence-corrected chi connectivity index (χ1v) is 13.8. The van der Waals surface area contributed by atoms with Gasteiger partial charge in [0, 0.05) is 24.6 Å². The van der Waals surface area contributed by atoms with Gasteiger partial charge in [-0.1, -0.05) is 36.4 Å². The van der Waals surface area contributed by atoms with Crippen molar-refractivity contribution in [2.75, 3.05) is 10.2 Å². The Labute approximate surface area is 236 Å². The van der Waals surface area contributed by atoms with Gasteiger partial charge in [-0.05, 0) is 50.5 Å². The second kappa shape index (κ2) is 9.96. The van der Waals surface area contributed by atoms with E-state index >= 15 is 4.39 Å². The number of anilines is 2. The van der Waals surface area contributed by atoms with Crippen molar-refractivity contribution in [1.82, 2.24) is 29.3 Å². The Kier molecular flexibility index (Phi) is 6.10. The molecule has 7 rings (SSSR count). The fourth-order valence-corrected chi connectivity index (χ4v) is 5.45. The highest BCUT2D eigenvalue weighted by Crippen LogP contribution is 2.44. The molecule has 0 spiro atoms. The number of carbonyl (C=O) groups is 1. The number of aromatic nitrogens is 6. The maximum absolute atomic E-state index is 15.7. The van der Waals surface area contributed by atoms with Crippen molar-refractivity contribution < 1.29 is 9.18 Å². The van der Waals surface area contributed by atoms with E-state index in [0.29, 0.717) is 36.3 Å². The number of amides is 1. The summed E-state index contributed by atoms with van der Waals surface area (Å²) in [7, 11) is 0. The molecule has 1 aliphatic carbocycles. The standard InChI is InChI=1S/C31H29FN8O/c1-19(2)39-18-34-37-30(39)24-9-6-10-28(35-24)36-31(41)22-13-26-25(14-23(22)32)38(15-20-7-4-3-5-8-20)16-27-29(21-11-12-21)33-17-40(26)27/h3-10,13-14,17-19,21H,11-12,15-16H2,1-2H3,(H,35,36,41). The Hall–Kier alpha value is -4.86. The lowest BCUT2D eigenvalue weighted by atomic mass is 10.1. The van der Waals surface area contributed by atoms with Crippen LogP contribution in [0.25, 0.3) is 17.2 Å². The first kappa shape index (κ1) is 25.1. The van der Waals surface area contributed by atoms with Gasteiger partial charge in [-0.2, -0.15) is 0 Å². The highest BCUT2D eigenvalue weighted by Gasteiger charge is 2.34. The largest absolute Gasteiger partial charge is 0.360 e. The third-order valence-electron chi connectivity index (χ3n) is 7.68. The number of nitrogens with zero attached hydrogens (tertiary/aromatic N) is 7. The van der Waals surface area contributed by atoms with Gasteiger partial charge in [0.2, 0.25) is 0 Å². The van der Waals surface area contributed by atoms with Crippen LogP contribution in [0.5, 0.6) is 0 Å².